The quantitative estimate of drug-likeness (QED) is 0.316. The maximum absolute atomic E-state index is 12.6. The fourth-order valence-electron chi connectivity index (χ4n) is 2.48. The van der Waals surface area contributed by atoms with Crippen molar-refractivity contribution >= 4 is 35.0 Å². The van der Waals surface area contributed by atoms with Gasteiger partial charge >= 0.3 is 5.97 Å². The van der Waals surface area contributed by atoms with Gasteiger partial charge in [0, 0.05) is 16.3 Å². The van der Waals surface area contributed by atoms with Crippen molar-refractivity contribution in [3.05, 3.63) is 45.1 Å². The molecule has 0 aliphatic carbocycles. The van der Waals surface area contributed by atoms with Crippen LogP contribution in [-0.2, 0) is 20.7 Å². The highest BCUT2D eigenvalue weighted by Crippen LogP contribution is 2.39. The van der Waals surface area contributed by atoms with Crippen LogP contribution < -0.4 is 0 Å². The number of carbonyl (C=O) groups excluding carboxylic acids is 2. The predicted molar refractivity (Wildman–Crippen MR) is 99.9 cm³/mol. The monoisotopic (exact) mass is 376 g/mol. The number of aryl methyl sites for hydroxylation is 2. The van der Waals surface area contributed by atoms with Crippen LogP contribution in [0, 0.1) is 18.3 Å². The second-order valence-electron chi connectivity index (χ2n) is 5.42. The van der Waals surface area contributed by atoms with Crippen molar-refractivity contribution in [2.75, 3.05) is 13.2 Å². The van der Waals surface area contributed by atoms with Crippen molar-refractivity contribution in [3.8, 4) is 6.07 Å². The van der Waals surface area contributed by atoms with Gasteiger partial charge in [-0.05, 0) is 38.8 Å². The van der Waals surface area contributed by atoms with Crippen molar-refractivity contribution in [1.29, 1.82) is 5.26 Å². The highest BCUT2D eigenvalue weighted by atomic mass is 32.2. The molecule has 0 saturated carbocycles. The highest BCUT2D eigenvalue weighted by Gasteiger charge is 2.39. The Morgan fingerprint density at radius 1 is 1.52 bits per heavy atom. The number of esters is 1. The zero-order valence-corrected chi connectivity index (χ0v) is 15.9. The summed E-state index contributed by atoms with van der Waals surface area (Å²) in [6, 6.07) is 6.03. The normalized spacial score (nSPS) is 18.8. The molecule has 0 spiro atoms. The highest BCUT2D eigenvalue weighted by molar-refractivity contribution is 8.04. The first-order valence-corrected chi connectivity index (χ1v) is 9.67. The van der Waals surface area contributed by atoms with Gasteiger partial charge in [0.1, 0.15) is 17.7 Å². The fourth-order valence-corrected chi connectivity index (χ4v) is 4.71. The molecule has 25 heavy (non-hydrogen) atoms. The molecule has 0 N–H and O–H groups in total. The summed E-state index contributed by atoms with van der Waals surface area (Å²) in [7, 11) is 0. The van der Waals surface area contributed by atoms with Gasteiger partial charge < -0.3 is 9.64 Å². The van der Waals surface area contributed by atoms with Gasteiger partial charge in [-0.15, -0.1) is 11.3 Å². The van der Waals surface area contributed by atoms with Crippen LogP contribution in [0.25, 0.3) is 0 Å². The van der Waals surface area contributed by atoms with Crippen molar-refractivity contribution in [1.82, 2.24) is 4.90 Å². The molecule has 132 valence electrons. The molecule has 1 aromatic heterocycles. The van der Waals surface area contributed by atoms with Crippen LogP contribution in [0.5, 0.6) is 0 Å². The van der Waals surface area contributed by atoms with Crippen LogP contribution in [-0.4, -0.2) is 35.2 Å². The zero-order valence-electron chi connectivity index (χ0n) is 14.3. The third kappa shape index (κ3) is 4.53. The molecule has 0 bridgehead atoms. The van der Waals surface area contributed by atoms with Gasteiger partial charge in [-0.1, -0.05) is 24.4 Å². The lowest BCUT2D eigenvalue weighted by Gasteiger charge is -2.15. The zero-order chi connectivity index (χ0) is 18.4. The molecule has 7 heteroatoms. The summed E-state index contributed by atoms with van der Waals surface area (Å²) in [5, 5.41) is 9.48. The van der Waals surface area contributed by atoms with Crippen LogP contribution in [0.4, 0.5) is 0 Å². The molecule has 1 unspecified atom stereocenters. The Morgan fingerprint density at radius 3 is 2.84 bits per heavy atom. The van der Waals surface area contributed by atoms with Crippen LogP contribution in [0.3, 0.4) is 0 Å². The summed E-state index contributed by atoms with van der Waals surface area (Å²) in [4.78, 5) is 28.7. The molecule has 0 radical (unpaired) electrons. The van der Waals surface area contributed by atoms with Crippen molar-refractivity contribution < 1.29 is 14.3 Å². The number of nitriles is 1. The number of ether oxygens (including phenoxy) is 1. The minimum absolute atomic E-state index is 0.0309. The van der Waals surface area contributed by atoms with Crippen molar-refractivity contribution in [3.63, 3.8) is 0 Å². The minimum atomic E-state index is -0.717. The molecule has 1 fully saturated rings. The van der Waals surface area contributed by atoms with Gasteiger partial charge in [0.25, 0.3) is 0 Å². The Bertz CT molecular complexity index is 746. The number of thiophene rings is 1. The topological polar surface area (TPSA) is 70.4 Å². The van der Waals surface area contributed by atoms with Gasteiger partial charge in [0.05, 0.1) is 5.25 Å². The summed E-state index contributed by atoms with van der Waals surface area (Å²) in [5.74, 6) is -0.772. The maximum atomic E-state index is 12.6. The van der Waals surface area contributed by atoms with E-state index >= 15 is 0 Å². The van der Waals surface area contributed by atoms with E-state index in [2.05, 4.69) is 25.6 Å². The maximum Gasteiger partial charge on any atom is 0.351 e. The number of hydrogen-bond acceptors (Lipinski definition) is 6. The molecule has 2 rings (SSSR count). The van der Waals surface area contributed by atoms with Crippen molar-refractivity contribution in [2.45, 2.75) is 31.9 Å². The number of thioether (sulfide) groups is 1. The van der Waals surface area contributed by atoms with E-state index in [1.54, 1.807) is 11.3 Å². The summed E-state index contributed by atoms with van der Waals surface area (Å²) >= 11 is 3.01. The van der Waals surface area contributed by atoms with E-state index in [1.165, 1.54) is 32.5 Å². The largest absolute Gasteiger partial charge is 0.457 e. The SMILES string of the molecule is C=CCOC(=O)C(C#N)=C1SC(CCc2ccc(C)s2)C(=O)N1CC. The molecule has 5 nitrogen and oxygen atoms in total. The van der Waals surface area contributed by atoms with Crippen LogP contribution >= 0.6 is 23.1 Å². The van der Waals surface area contributed by atoms with Gasteiger partial charge in [0.2, 0.25) is 5.91 Å². The third-order valence-corrected chi connectivity index (χ3v) is 6.10. The van der Waals surface area contributed by atoms with E-state index < -0.39 is 5.97 Å². The first-order valence-electron chi connectivity index (χ1n) is 7.97. The predicted octanol–water partition coefficient (Wildman–Crippen LogP) is 3.42. The molecule has 1 aliphatic rings. The Morgan fingerprint density at radius 2 is 2.28 bits per heavy atom. The third-order valence-electron chi connectivity index (χ3n) is 3.67. The average molecular weight is 377 g/mol. The summed E-state index contributed by atoms with van der Waals surface area (Å²) in [6.07, 6.45) is 2.91. The van der Waals surface area contributed by atoms with Crippen LogP contribution in [0.2, 0.25) is 0 Å². The standard InChI is InChI=1S/C18H20N2O3S2/c1-4-10-23-18(22)14(11-19)17-20(5-2)16(21)15(25-17)9-8-13-7-6-12(3)24-13/h4,6-7,15H,1,5,8-10H2,2-3H3. The van der Waals surface area contributed by atoms with E-state index in [4.69, 9.17) is 4.74 Å². The van der Waals surface area contributed by atoms with Gasteiger partial charge in [-0.3, -0.25) is 4.79 Å². The second kappa shape index (κ2) is 8.88. The summed E-state index contributed by atoms with van der Waals surface area (Å²) in [5.41, 5.74) is -0.114. The van der Waals surface area contributed by atoms with Crippen LogP contribution in [0.15, 0.2) is 35.4 Å². The molecule has 2 heterocycles. The van der Waals surface area contributed by atoms with E-state index in [1.807, 2.05) is 13.0 Å². The lowest BCUT2D eigenvalue weighted by Crippen LogP contribution is -2.29. The van der Waals surface area contributed by atoms with Gasteiger partial charge in [0.15, 0.2) is 5.57 Å². The summed E-state index contributed by atoms with van der Waals surface area (Å²) < 4.78 is 4.96. The van der Waals surface area contributed by atoms with Gasteiger partial charge in [-0.2, -0.15) is 5.26 Å². The first-order chi connectivity index (χ1) is 12.0. The van der Waals surface area contributed by atoms with E-state index in [0.29, 0.717) is 18.0 Å². The number of nitrogens with zero attached hydrogens (tertiary/aromatic N) is 2. The molecular formula is C18H20N2O3S2. The molecule has 1 saturated heterocycles. The number of hydrogen-bond donors (Lipinski definition) is 0. The van der Waals surface area contributed by atoms with Crippen LogP contribution in [0.1, 0.15) is 23.1 Å². The molecule has 1 amide bonds. The first kappa shape index (κ1) is 19.3. The minimum Gasteiger partial charge on any atom is -0.457 e. The Balaban J connectivity index is 2.17. The molecule has 1 aromatic rings. The molecular weight excluding hydrogens is 356 g/mol. The molecule has 1 aliphatic heterocycles. The Hall–Kier alpha value is -2.04. The van der Waals surface area contributed by atoms with E-state index in [0.717, 1.165) is 6.42 Å². The number of amides is 1. The number of carbonyl (C=O) groups is 2. The van der Waals surface area contributed by atoms with Gasteiger partial charge in [-0.25, -0.2) is 4.79 Å². The lowest BCUT2D eigenvalue weighted by molar-refractivity contribution is -0.137. The summed E-state index contributed by atoms with van der Waals surface area (Å²) in [6.45, 7) is 7.80. The molecule has 1 atom stereocenters. The Labute approximate surface area is 156 Å². The van der Waals surface area contributed by atoms with E-state index in [9.17, 15) is 14.9 Å². The number of rotatable bonds is 7. The lowest BCUT2D eigenvalue weighted by atomic mass is 10.2. The average Bonchev–Trinajstić information content (AvgIpc) is 3.15. The second-order valence-corrected chi connectivity index (χ2v) is 7.98. The Kier molecular flexibility index (Phi) is 6.85. The van der Waals surface area contributed by atoms with Crippen molar-refractivity contribution in [2.24, 2.45) is 0 Å². The smallest absolute Gasteiger partial charge is 0.351 e. The molecule has 0 aromatic carbocycles. The van der Waals surface area contributed by atoms with E-state index in [-0.39, 0.29) is 23.3 Å². The fraction of sp³-hybridized carbons (Fsp3) is 0.389.